The number of amides is 1. The van der Waals surface area contributed by atoms with E-state index in [-0.39, 0.29) is 12.0 Å². The highest BCUT2D eigenvalue weighted by Gasteiger charge is 2.41. The van der Waals surface area contributed by atoms with Crippen LogP contribution >= 0.6 is 0 Å². The van der Waals surface area contributed by atoms with Crippen LogP contribution in [0.25, 0.3) is 0 Å². The van der Waals surface area contributed by atoms with Gasteiger partial charge < -0.3 is 14.4 Å². The lowest BCUT2D eigenvalue weighted by Gasteiger charge is -2.34. The Kier molecular flexibility index (Phi) is 4.80. The maximum atomic E-state index is 12.8. The van der Waals surface area contributed by atoms with Gasteiger partial charge in [-0.25, -0.2) is 0 Å². The van der Waals surface area contributed by atoms with Crippen molar-refractivity contribution in [1.82, 2.24) is 4.90 Å². The number of hydrogen-bond acceptors (Lipinski definition) is 3. The second-order valence-electron chi connectivity index (χ2n) is 7.53. The zero-order valence-electron chi connectivity index (χ0n) is 14.9. The van der Waals surface area contributed by atoms with Crippen LogP contribution in [-0.4, -0.2) is 37.1 Å². The fraction of sp³-hybridized carbons (Fsp3) is 0.571. The summed E-state index contributed by atoms with van der Waals surface area (Å²) in [5.74, 6) is 2.64. The summed E-state index contributed by atoms with van der Waals surface area (Å²) in [6.07, 6.45) is 8.90. The molecule has 2 aliphatic carbocycles. The zero-order valence-corrected chi connectivity index (χ0v) is 14.9. The molecule has 0 unspecified atom stereocenters. The van der Waals surface area contributed by atoms with Crippen LogP contribution in [0, 0.1) is 17.8 Å². The number of allylic oxidation sites excluding steroid dienone is 2. The number of carbonyl (C=O) groups is 1. The van der Waals surface area contributed by atoms with Crippen LogP contribution in [0.3, 0.4) is 0 Å². The number of methoxy groups -OCH3 is 1. The van der Waals surface area contributed by atoms with Gasteiger partial charge in [0.15, 0.2) is 0 Å². The van der Waals surface area contributed by atoms with E-state index in [0.717, 1.165) is 43.7 Å². The van der Waals surface area contributed by atoms with Crippen molar-refractivity contribution in [2.24, 2.45) is 17.8 Å². The number of fused-ring (bicyclic) bond motifs is 2. The lowest BCUT2D eigenvalue weighted by Crippen LogP contribution is -2.44. The van der Waals surface area contributed by atoms with E-state index in [1.807, 2.05) is 24.3 Å². The van der Waals surface area contributed by atoms with Crippen molar-refractivity contribution < 1.29 is 14.3 Å². The number of piperidine rings is 1. The molecular weight excluding hydrogens is 314 g/mol. The zero-order chi connectivity index (χ0) is 17.2. The molecule has 1 heterocycles. The molecule has 1 saturated carbocycles. The molecule has 3 atom stereocenters. The number of ether oxygens (including phenoxy) is 2. The molecule has 3 aliphatic rings. The lowest BCUT2D eigenvalue weighted by atomic mass is 9.91. The van der Waals surface area contributed by atoms with Gasteiger partial charge in [0.05, 0.1) is 19.8 Å². The Labute approximate surface area is 149 Å². The monoisotopic (exact) mass is 341 g/mol. The molecule has 1 aromatic rings. The Bertz CT molecular complexity index is 648. The van der Waals surface area contributed by atoms with Gasteiger partial charge in [0.2, 0.25) is 5.91 Å². The summed E-state index contributed by atoms with van der Waals surface area (Å²) in [4.78, 5) is 14.9. The van der Waals surface area contributed by atoms with E-state index in [1.54, 1.807) is 7.11 Å². The standard InChI is InChI=1S/C21H27NO3/c1-24-20-5-3-2-4-17(20)14-25-18-8-10-22(11-9-18)21(23)19-13-15-6-7-16(19)12-15/h2-7,15-16,18-19H,8-14H2,1H3/t15-,16-,19-/m0/s1. The Morgan fingerprint density at radius 2 is 1.96 bits per heavy atom. The number of hydrogen-bond donors (Lipinski definition) is 0. The first kappa shape index (κ1) is 16.6. The molecular formula is C21H27NO3. The first-order chi connectivity index (χ1) is 12.2. The topological polar surface area (TPSA) is 38.8 Å². The van der Waals surface area contributed by atoms with Gasteiger partial charge >= 0.3 is 0 Å². The maximum absolute atomic E-state index is 12.8. The minimum Gasteiger partial charge on any atom is -0.496 e. The molecule has 134 valence electrons. The van der Waals surface area contributed by atoms with Crippen LogP contribution in [0.1, 0.15) is 31.2 Å². The van der Waals surface area contributed by atoms with E-state index in [1.165, 1.54) is 6.42 Å². The van der Waals surface area contributed by atoms with Crippen LogP contribution in [-0.2, 0) is 16.1 Å². The lowest BCUT2D eigenvalue weighted by molar-refractivity contribution is -0.139. The predicted octanol–water partition coefficient (Wildman–Crippen LogP) is 3.42. The molecule has 0 radical (unpaired) electrons. The van der Waals surface area contributed by atoms with Gasteiger partial charge in [-0.3, -0.25) is 4.79 Å². The van der Waals surface area contributed by atoms with Gasteiger partial charge in [-0.2, -0.15) is 0 Å². The highest BCUT2D eigenvalue weighted by atomic mass is 16.5. The number of nitrogens with zero attached hydrogens (tertiary/aromatic N) is 1. The molecule has 1 saturated heterocycles. The second kappa shape index (κ2) is 7.20. The molecule has 1 aliphatic heterocycles. The van der Waals surface area contributed by atoms with Crippen molar-refractivity contribution in [3.8, 4) is 5.75 Å². The summed E-state index contributed by atoms with van der Waals surface area (Å²) in [7, 11) is 1.69. The van der Waals surface area contributed by atoms with Crippen molar-refractivity contribution in [3.63, 3.8) is 0 Å². The first-order valence-corrected chi connectivity index (χ1v) is 9.45. The largest absolute Gasteiger partial charge is 0.496 e. The van der Waals surface area contributed by atoms with E-state index in [0.29, 0.717) is 24.3 Å². The third-order valence-corrected chi connectivity index (χ3v) is 6.02. The summed E-state index contributed by atoms with van der Waals surface area (Å²) in [5.41, 5.74) is 1.08. The van der Waals surface area contributed by atoms with E-state index in [2.05, 4.69) is 17.1 Å². The Balaban J connectivity index is 1.26. The molecule has 4 heteroatoms. The Morgan fingerprint density at radius 3 is 2.64 bits per heavy atom. The quantitative estimate of drug-likeness (QED) is 0.771. The van der Waals surface area contributed by atoms with Gasteiger partial charge in [0.25, 0.3) is 0 Å². The predicted molar refractivity (Wildman–Crippen MR) is 96.2 cm³/mol. The Hall–Kier alpha value is -1.81. The number of carbonyl (C=O) groups excluding carboxylic acids is 1. The fourth-order valence-corrected chi connectivity index (χ4v) is 4.57. The van der Waals surface area contributed by atoms with Crippen LogP contribution < -0.4 is 4.74 Å². The van der Waals surface area contributed by atoms with Gasteiger partial charge in [0.1, 0.15) is 5.75 Å². The molecule has 1 aromatic carbocycles. The molecule has 2 fully saturated rings. The van der Waals surface area contributed by atoms with Gasteiger partial charge in [0, 0.05) is 24.6 Å². The highest BCUT2D eigenvalue weighted by Crippen LogP contribution is 2.44. The first-order valence-electron chi connectivity index (χ1n) is 9.45. The van der Waals surface area contributed by atoms with Crippen molar-refractivity contribution in [2.75, 3.05) is 20.2 Å². The van der Waals surface area contributed by atoms with Gasteiger partial charge in [-0.1, -0.05) is 30.4 Å². The molecule has 0 N–H and O–H groups in total. The molecule has 25 heavy (non-hydrogen) atoms. The van der Waals surface area contributed by atoms with E-state index >= 15 is 0 Å². The van der Waals surface area contributed by atoms with Crippen LogP contribution in [0.2, 0.25) is 0 Å². The average Bonchev–Trinajstić information content (AvgIpc) is 3.30. The smallest absolute Gasteiger partial charge is 0.226 e. The fourth-order valence-electron chi connectivity index (χ4n) is 4.57. The summed E-state index contributed by atoms with van der Waals surface area (Å²) >= 11 is 0. The molecule has 4 rings (SSSR count). The van der Waals surface area contributed by atoms with E-state index < -0.39 is 0 Å². The molecule has 1 amide bonds. The minimum absolute atomic E-state index is 0.230. The number of likely N-dealkylation sites (tertiary alicyclic amines) is 1. The third-order valence-electron chi connectivity index (χ3n) is 6.02. The van der Waals surface area contributed by atoms with Gasteiger partial charge in [-0.15, -0.1) is 0 Å². The van der Waals surface area contributed by atoms with E-state index in [4.69, 9.17) is 9.47 Å². The molecule has 2 bridgehead atoms. The summed E-state index contributed by atoms with van der Waals surface area (Å²) in [6, 6.07) is 7.98. The van der Waals surface area contributed by atoms with Crippen LogP contribution in [0.5, 0.6) is 5.75 Å². The number of benzene rings is 1. The summed E-state index contributed by atoms with van der Waals surface area (Å²) in [5, 5.41) is 0. The normalized spacial score (nSPS) is 28.5. The number of para-hydroxylation sites is 1. The van der Waals surface area contributed by atoms with Crippen molar-refractivity contribution >= 4 is 5.91 Å². The minimum atomic E-state index is 0.230. The number of rotatable bonds is 5. The summed E-state index contributed by atoms with van der Waals surface area (Å²) in [6.45, 7) is 2.22. The maximum Gasteiger partial charge on any atom is 0.226 e. The molecule has 0 aromatic heterocycles. The van der Waals surface area contributed by atoms with Crippen LogP contribution in [0.4, 0.5) is 0 Å². The van der Waals surface area contributed by atoms with Crippen LogP contribution in [0.15, 0.2) is 36.4 Å². The van der Waals surface area contributed by atoms with E-state index in [9.17, 15) is 4.79 Å². The molecule has 4 nitrogen and oxygen atoms in total. The van der Waals surface area contributed by atoms with Crippen molar-refractivity contribution in [3.05, 3.63) is 42.0 Å². The SMILES string of the molecule is COc1ccccc1COC1CCN(C(=O)[C@H]2C[C@H]3C=C[C@H]2C3)CC1. The Morgan fingerprint density at radius 1 is 1.16 bits per heavy atom. The average molecular weight is 341 g/mol. The third kappa shape index (κ3) is 3.45. The highest BCUT2D eigenvalue weighted by molar-refractivity contribution is 5.80. The summed E-state index contributed by atoms with van der Waals surface area (Å²) < 4.78 is 11.5. The molecule has 0 spiro atoms. The van der Waals surface area contributed by atoms with Gasteiger partial charge in [-0.05, 0) is 43.6 Å². The van der Waals surface area contributed by atoms with Crippen molar-refractivity contribution in [1.29, 1.82) is 0 Å². The second-order valence-corrected chi connectivity index (χ2v) is 7.53. The van der Waals surface area contributed by atoms with Crippen molar-refractivity contribution in [2.45, 2.75) is 38.4 Å².